The van der Waals surface area contributed by atoms with Gasteiger partial charge in [-0.2, -0.15) is 0 Å². The Bertz CT molecular complexity index is 820. The van der Waals surface area contributed by atoms with E-state index in [1.54, 1.807) is 36.4 Å². The van der Waals surface area contributed by atoms with E-state index in [4.69, 9.17) is 4.74 Å². The molecule has 0 aromatic heterocycles. The van der Waals surface area contributed by atoms with Crippen LogP contribution < -0.4 is 5.32 Å². The van der Waals surface area contributed by atoms with E-state index >= 15 is 0 Å². The average Bonchev–Trinajstić information content (AvgIpc) is 2.69. The van der Waals surface area contributed by atoms with Crippen LogP contribution in [0.15, 0.2) is 54.6 Å². The van der Waals surface area contributed by atoms with Crippen molar-refractivity contribution in [2.75, 3.05) is 6.54 Å². The van der Waals surface area contributed by atoms with Crippen molar-refractivity contribution >= 4 is 17.7 Å². The molecule has 0 spiro atoms. The van der Waals surface area contributed by atoms with Crippen molar-refractivity contribution in [2.24, 2.45) is 0 Å². The molecule has 0 fully saturated rings. The number of hydrogen-bond acceptors (Lipinski definition) is 4. The van der Waals surface area contributed by atoms with Crippen molar-refractivity contribution in [1.29, 1.82) is 0 Å². The third-order valence-corrected chi connectivity index (χ3v) is 4.27. The molecular formula is C24H29NO4. The number of carbonyl (C=O) groups excluding carboxylic acids is 3. The summed E-state index contributed by atoms with van der Waals surface area (Å²) in [5, 5.41) is 2.75. The molecule has 5 heteroatoms. The predicted molar refractivity (Wildman–Crippen MR) is 113 cm³/mol. The van der Waals surface area contributed by atoms with E-state index in [0.717, 1.165) is 31.2 Å². The van der Waals surface area contributed by atoms with Gasteiger partial charge < -0.3 is 10.1 Å². The van der Waals surface area contributed by atoms with Crippen LogP contribution in [0.4, 0.5) is 4.79 Å². The van der Waals surface area contributed by atoms with Crippen LogP contribution in [0.1, 0.15) is 66.3 Å². The number of hydrogen-bond donors (Lipinski definition) is 1. The van der Waals surface area contributed by atoms with E-state index in [1.807, 2.05) is 39.0 Å². The van der Waals surface area contributed by atoms with Crippen LogP contribution in [0.5, 0.6) is 0 Å². The molecule has 0 saturated heterocycles. The molecule has 1 N–H and O–H groups in total. The topological polar surface area (TPSA) is 72.5 Å². The standard InChI is InChI=1S/C24H29NO4/c1-24(2,3)29-23(28)25-17-9-5-6-10-18-13-15-20(16-14-18)22(27)21(26)19-11-7-4-8-12-19/h4,7-8,11-16H,5-6,9-10,17H2,1-3H3,(H,25,28). The van der Waals surface area contributed by atoms with Crippen LogP contribution >= 0.6 is 0 Å². The Labute approximate surface area is 172 Å². The van der Waals surface area contributed by atoms with Crippen molar-refractivity contribution in [3.05, 3.63) is 71.3 Å². The van der Waals surface area contributed by atoms with Gasteiger partial charge in [0.1, 0.15) is 5.60 Å². The number of rotatable bonds is 9. The summed E-state index contributed by atoms with van der Waals surface area (Å²) in [5.41, 5.74) is 1.45. The smallest absolute Gasteiger partial charge is 0.407 e. The summed E-state index contributed by atoms with van der Waals surface area (Å²) in [6, 6.07) is 15.8. The molecular weight excluding hydrogens is 366 g/mol. The first-order chi connectivity index (χ1) is 13.8. The summed E-state index contributed by atoms with van der Waals surface area (Å²) < 4.78 is 5.19. The lowest BCUT2D eigenvalue weighted by molar-refractivity contribution is 0.0526. The zero-order chi connectivity index (χ0) is 21.3. The molecule has 0 atom stereocenters. The number of nitrogens with one attached hydrogen (secondary N) is 1. The van der Waals surface area contributed by atoms with Gasteiger partial charge in [-0.3, -0.25) is 9.59 Å². The number of aryl methyl sites for hydroxylation is 1. The maximum Gasteiger partial charge on any atom is 0.407 e. The Balaban J connectivity index is 1.71. The van der Waals surface area contributed by atoms with Crippen molar-refractivity contribution in [3.8, 4) is 0 Å². The van der Waals surface area contributed by atoms with Crippen LogP contribution in [0, 0.1) is 0 Å². The van der Waals surface area contributed by atoms with Crippen molar-refractivity contribution in [3.63, 3.8) is 0 Å². The van der Waals surface area contributed by atoms with Gasteiger partial charge in [-0.1, -0.05) is 61.0 Å². The number of benzene rings is 2. The summed E-state index contributed by atoms with van der Waals surface area (Å²) >= 11 is 0. The maximum absolute atomic E-state index is 12.3. The molecule has 1 amide bonds. The molecule has 0 heterocycles. The number of carbonyl (C=O) groups is 3. The summed E-state index contributed by atoms with van der Waals surface area (Å²) in [6.07, 6.45) is 3.33. The average molecular weight is 395 g/mol. The summed E-state index contributed by atoms with van der Waals surface area (Å²) in [4.78, 5) is 36.1. The molecule has 29 heavy (non-hydrogen) atoms. The highest BCUT2D eigenvalue weighted by atomic mass is 16.6. The van der Waals surface area contributed by atoms with Gasteiger partial charge in [0.25, 0.3) is 0 Å². The van der Waals surface area contributed by atoms with E-state index in [0.29, 0.717) is 17.7 Å². The molecule has 0 radical (unpaired) electrons. The van der Waals surface area contributed by atoms with E-state index in [-0.39, 0.29) is 6.09 Å². The van der Waals surface area contributed by atoms with Crippen LogP contribution in [-0.4, -0.2) is 29.8 Å². The third-order valence-electron chi connectivity index (χ3n) is 4.27. The third kappa shape index (κ3) is 7.90. The number of amides is 1. The second-order valence-electron chi connectivity index (χ2n) is 7.96. The SMILES string of the molecule is CC(C)(C)OC(=O)NCCCCCc1ccc(C(=O)C(=O)c2ccccc2)cc1. The predicted octanol–water partition coefficient (Wildman–Crippen LogP) is 4.99. The molecule has 0 saturated carbocycles. The molecule has 2 rings (SSSR count). The van der Waals surface area contributed by atoms with E-state index in [1.165, 1.54) is 0 Å². The fourth-order valence-corrected chi connectivity index (χ4v) is 2.81. The first-order valence-corrected chi connectivity index (χ1v) is 9.96. The number of ketones is 2. The minimum atomic E-state index is -0.490. The van der Waals surface area contributed by atoms with Gasteiger partial charge in [-0.15, -0.1) is 0 Å². The van der Waals surface area contributed by atoms with E-state index < -0.39 is 17.2 Å². The number of alkyl carbamates (subject to hydrolysis) is 1. The lowest BCUT2D eigenvalue weighted by atomic mass is 9.99. The molecule has 0 aliphatic heterocycles. The first kappa shape index (κ1) is 22.3. The van der Waals surface area contributed by atoms with Crippen molar-refractivity contribution < 1.29 is 19.1 Å². The highest BCUT2D eigenvalue weighted by molar-refractivity contribution is 6.49. The van der Waals surface area contributed by atoms with Crippen molar-refractivity contribution in [2.45, 2.75) is 52.1 Å². The molecule has 2 aromatic carbocycles. The number of unbranched alkanes of at least 4 members (excludes halogenated alkanes) is 2. The second-order valence-corrected chi connectivity index (χ2v) is 7.96. The van der Waals surface area contributed by atoms with Crippen LogP contribution in [-0.2, 0) is 11.2 Å². The molecule has 0 bridgehead atoms. The normalized spacial score (nSPS) is 11.0. The molecule has 5 nitrogen and oxygen atoms in total. The summed E-state index contributed by atoms with van der Waals surface area (Å²) in [5.74, 6) is -0.980. The van der Waals surface area contributed by atoms with Crippen LogP contribution in [0.25, 0.3) is 0 Å². The largest absolute Gasteiger partial charge is 0.444 e. The summed E-state index contributed by atoms with van der Waals surface area (Å²) in [6.45, 7) is 6.10. The maximum atomic E-state index is 12.3. The molecule has 0 aliphatic rings. The Hall–Kier alpha value is -2.95. The Morgan fingerprint density at radius 3 is 1.97 bits per heavy atom. The van der Waals surface area contributed by atoms with Gasteiger partial charge in [0.05, 0.1) is 0 Å². The Morgan fingerprint density at radius 1 is 0.793 bits per heavy atom. The van der Waals surface area contributed by atoms with Gasteiger partial charge in [-0.05, 0) is 45.6 Å². The fraction of sp³-hybridized carbons (Fsp3) is 0.375. The van der Waals surface area contributed by atoms with Crippen LogP contribution in [0.3, 0.4) is 0 Å². The van der Waals surface area contributed by atoms with Crippen molar-refractivity contribution in [1.82, 2.24) is 5.32 Å². The van der Waals surface area contributed by atoms with Gasteiger partial charge in [0.2, 0.25) is 11.6 Å². The fourth-order valence-electron chi connectivity index (χ4n) is 2.81. The van der Waals surface area contributed by atoms with E-state index in [9.17, 15) is 14.4 Å². The monoisotopic (exact) mass is 395 g/mol. The zero-order valence-corrected chi connectivity index (χ0v) is 17.4. The highest BCUT2D eigenvalue weighted by Gasteiger charge is 2.18. The zero-order valence-electron chi connectivity index (χ0n) is 17.4. The highest BCUT2D eigenvalue weighted by Crippen LogP contribution is 2.12. The lowest BCUT2D eigenvalue weighted by Gasteiger charge is -2.19. The van der Waals surface area contributed by atoms with Gasteiger partial charge >= 0.3 is 6.09 Å². The summed E-state index contributed by atoms with van der Waals surface area (Å²) in [7, 11) is 0. The molecule has 0 aliphatic carbocycles. The molecule has 154 valence electrons. The molecule has 2 aromatic rings. The van der Waals surface area contributed by atoms with E-state index in [2.05, 4.69) is 5.32 Å². The van der Waals surface area contributed by atoms with Gasteiger partial charge in [-0.25, -0.2) is 4.79 Å². The quantitative estimate of drug-likeness (QED) is 0.369. The van der Waals surface area contributed by atoms with Gasteiger partial charge in [0.15, 0.2) is 0 Å². The van der Waals surface area contributed by atoms with Crippen LogP contribution in [0.2, 0.25) is 0 Å². The second kappa shape index (κ2) is 10.6. The minimum Gasteiger partial charge on any atom is -0.444 e. The minimum absolute atomic E-state index is 0.386. The number of Topliss-reactive ketones (excluding diaryl/α,β-unsaturated/α-hetero) is 2. The first-order valence-electron chi connectivity index (χ1n) is 9.96. The number of ether oxygens (including phenoxy) is 1. The Kier molecular flexibility index (Phi) is 8.13. The Morgan fingerprint density at radius 2 is 1.38 bits per heavy atom. The lowest BCUT2D eigenvalue weighted by Crippen LogP contribution is -2.32. The van der Waals surface area contributed by atoms with Gasteiger partial charge in [0, 0.05) is 17.7 Å². The molecule has 0 unspecified atom stereocenters.